The van der Waals surface area contributed by atoms with Crippen LogP contribution >= 0.6 is 0 Å². The molecule has 2 aromatic rings. The molecule has 2 rings (SSSR count). The van der Waals surface area contributed by atoms with E-state index in [2.05, 4.69) is 22.8 Å². The number of carbonyl (C=O) groups excluding carboxylic acids is 1. The molecule has 0 spiro atoms. The number of rotatable bonds is 8. The molecule has 2 aromatic carbocycles. The molecular weight excluding hydrogens is 300 g/mol. The molecule has 24 heavy (non-hydrogen) atoms. The molecule has 0 aliphatic rings. The molecule has 0 saturated heterocycles. The van der Waals surface area contributed by atoms with Crippen LogP contribution in [0.4, 0.5) is 5.69 Å². The van der Waals surface area contributed by atoms with Crippen molar-refractivity contribution in [2.24, 2.45) is 0 Å². The fourth-order valence-corrected chi connectivity index (χ4v) is 2.39. The molecule has 0 aromatic heterocycles. The van der Waals surface area contributed by atoms with Gasteiger partial charge in [-0.1, -0.05) is 31.2 Å². The maximum Gasteiger partial charge on any atom is 0.242 e. The first-order valence-electron chi connectivity index (χ1n) is 8.51. The van der Waals surface area contributed by atoms with E-state index in [1.165, 1.54) is 0 Å². The quantitative estimate of drug-likeness (QED) is 0.768. The van der Waals surface area contributed by atoms with Crippen LogP contribution in [0.2, 0.25) is 0 Å². The summed E-state index contributed by atoms with van der Waals surface area (Å²) in [4.78, 5) is 11.9. The monoisotopic (exact) mass is 326 g/mol. The molecule has 0 unspecified atom stereocenters. The summed E-state index contributed by atoms with van der Waals surface area (Å²) in [5, 5.41) is 6.11. The van der Waals surface area contributed by atoms with Crippen molar-refractivity contribution in [1.29, 1.82) is 0 Å². The molecule has 1 amide bonds. The number of ether oxygens (including phenoxy) is 1. The van der Waals surface area contributed by atoms with Gasteiger partial charge >= 0.3 is 0 Å². The Labute approximate surface area is 144 Å². The minimum Gasteiger partial charge on any atom is -0.494 e. The van der Waals surface area contributed by atoms with Gasteiger partial charge in [-0.3, -0.25) is 4.79 Å². The Hall–Kier alpha value is -2.49. The third kappa shape index (κ3) is 5.01. The molecule has 0 bridgehead atoms. The highest BCUT2D eigenvalue weighted by Crippen LogP contribution is 2.24. The molecular formula is C20H26N2O2. The van der Waals surface area contributed by atoms with Crippen LogP contribution < -0.4 is 15.4 Å². The first-order chi connectivity index (χ1) is 11.6. The second-order valence-corrected chi connectivity index (χ2v) is 5.69. The van der Waals surface area contributed by atoms with E-state index in [0.29, 0.717) is 13.2 Å². The Morgan fingerprint density at radius 1 is 1.00 bits per heavy atom. The summed E-state index contributed by atoms with van der Waals surface area (Å²) in [6, 6.07) is 15.9. The Bertz CT molecular complexity index is 636. The third-order valence-corrected chi connectivity index (χ3v) is 3.71. The van der Waals surface area contributed by atoms with Crippen molar-refractivity contribution < 1.29 is 9.53 Å². The predicted molar refractivity (Wildman–Crippen MR) is 99.4 cm³/mol. The molecule has 0 heterocycles. The lowest BCUT2D eigenvalue weighted by Gasteiger charge is -2.15. The standard InChI is InChI=1S/C20H26N2O2/c1-4-14-21-20(23)15(3)22-18-10-6-16(7-11-18)17-8-12-19(13-9-17)24-5-2/h6-13,15,22H,4-5,14H2,1-3H3,(H,21,23)/t15-/m1/s1. The highest BCUT2D eigenvalue weighted by atomic mass is 16.5. The zero-order valence-electron chi connectivity index (χ0n) is 14.6. The molecule has 0 fully saturated rings. The van der Waals surface area contributed by atoms with Gasteiger partial charge in [-0.2, -0.15) is 0 Å². The molecule has 0 aliphatic carbocycles. The topological polar surface area (TPSA) is 50.4 Å². The van der Waals surface area contributed by atoms with Gasteiger partial charge in [0, 0.05) is 12.2 Å². The first-order valence-corrected chi connectivity index (χ1v) is 8.51. The van der Waals surface area contributed by atoms with E-state index in [1.807, 2.05) is 57.2 Å². The van der Waals surface area contributed by atoms with Gasteiger partial charge in [0.05, 0.1) is 6.61 Å². The van der Waals surface area contributed by atoms with Crippen molar-refractivity contribution in [2.75, 3.05) is 18.5 Å². The minimum absolute atomic E-state index is 0.0208. The minimum atomic E-state index is -0.257. The molecule has 4 heteroatoms. The number of amides is 1. The normalized spacial score (nSPS) is 11.6. The highest BCUT2D eigenvalue weighted by Gasteiger charge is 2.11. The predicted octanol–water partition coefficient (Wildman–Crippen LogP) is 4.08. The van der Waals surface area contributed by atoms with E-state index in [9.17, 15) is 4.79 Å². The first kappa shape index (κ1) is 17.9. The van der Waals surface area contributed by atoms with Crippen LogP contribution in [0.25, 0.3) is 11.1 Å². The Kier molecular flexibility index (Phi) is 6.67. The van der Waals surface area contributed by atoms with Crippen molar-refractivity contribution in [2.45, 2.75) is 33.2 Å². The third-order valence-electron chi connectivity index (χ3n) is 3.71. The average molecular weight is 326 g/mol. The maximum atomic E-state index is 11.9. The Morgan fingerprint density at radius 2 is 1.58 bits per heavy atom. The SMILES string of the molecule is CCCNC(=O)[C@@H](C)Nc1ccc(-c2ccc(OCC)cc2)cc1. The molecule has 4 nitrogen and oxygen atoms in total. The molecule has 0 radical (unpaired) electrons. The average Bonchev–Trinajstić information content (AvgIpc) is 2.61. The van der Waals surface area contributed by atoms with Crippen molar-refractivity contribution in [3.05, 3.63) is 48.5 Å². The molecule has 2 N–H and O–H groups in total. The largest absolute Gasteiger partial charge is 0.494 e. The van der Waals surface area contributed by atoms with E-state index >= 15 is 0 Å². The van der Waals surface area contributed by atoms with Gasteiger partial charge in [0.2, 0.25) is 5.91 Å². The smallest absolute Gasteiger partial charge is 0.242 e. The van der Waals surface area contributed by atoms with Crippen LogP contribution in [0.15, 0.2) is 48.5 Å². The second kappa shape index (κ2) is 8.96. The fourth-order valence-electron chi connectivity index (χ4n) is 2.39. The summed E-state index contributed by atoms with van der Waals surface area (Å²) < 4.78 is 5.46. The summed E-state index contributed by atoms with van der Waals surface area (Å²) in [5.74, 6) is 0.902. The van der Waals surface area contributed by atoms with E-state index < -0.39 is 0 Å². The van der Waals surface area contributed by atoms with Gasteiger partial charge < -0.3 is 15.4 Å². The zero-order chi connectivity index (χ0) is 17.4. The summed E-state index contributed by atoms with van der Waals surface area (Å²) >= 11 is 0. The summed E-state index contributed by atoms with van der Waals surface area (Å²) in [7, 11) is 0. The van der Waals surface area contributed by atoms with E-state index in [-0.39, 0.29) is 11.9 Å². The lowest BCUT2D eigenvalue weighted by Crippen LogP contribution is -2.37. The van der Waals surface area contributed by atoms with Gasteiger partial charge in [-0.15, -0.1) is 0 Å². The molecule has 128 valence electrons. The van der Waals surface area contributed by atoms with Gasteiger partial charge in [0.15, 0.2) is 0 Å². The number of hydrogen-bond donors (Lipinski definition) is 2. The molecule has 1 atom stereocenters. The van der Waals surface area contributed by atoms with Crippen molar-refractivity contribution >= 4 is 11.6 Å². The van der Waals surface area contributed by atoms with Gasteiger partial charge in [-0.05, 0) is 55.7 Å². The van der Waals surface area contributed by atoms with E-state index in [1.54, 1.807) is 0 Å². The fraction of sp³-hybridized carbons (Fsp3) is 0.350. The number of nitrogens with one attached hydrogen (secondary N) is 2. The Morgan fingerprint density at radius 3 is 2.12 bits per heavy atom. The van der Waals surface area contributed by atoms with E-state index in [0.717, 1.165) is 29.0 Å². The second-order valence-electron chi connectivity index (χ2n) is 5.69. The van der Waals surface area contributed by atoms with Crippen LogP contribution in [0.3, 0.4) is 0 Å². The lowest BCUT2D eigenvalue weighted by atomic mass is 10.1. The Balaban J connectivity index is 1.98. The zero-order valence-corrected chi connectivity index (χ0v) is 14.6. The van der Waals surface area contributed by atoms with Crippen molar-refractivity contribution in [3.63, 3.8) is 0 Å². The van der Waals surface area contributed by atoms with Crippen molar-refractivity contribution in [1.82, 2.24) is 5.32 Å². The number of carbonyl (C=O) groups is 1. The number of anilines is 1. The van der Waals surface area contributed by atoms with Crippen LogP contribution in [0, 0.1) is 0 Å². The summed E-state index contributed by atoms with van der Waals surface area (Å²) in [6.07, 6.45) is 0.940. The van der Waals surface area contributed by atoms with Crippen LogP contribution in [-0.4, -0.2) is 25.1 Å². The van der Waals surface area contributed by atoms with E-state index in [4.69, 9.17) is 4.74 Å². The maximum absolute atomic E-state index is 11.9. The van der Waals surface area contributed by atoms with Crippen LogP contribution in [0.1, 0.15) is 27.2 Å². The number of benzene rings is 2. The number of hydrogen-bond acceptors (Lipinski definition) is 3. The van der Waals surface area contributed by atoms with Gasteiger partial charge in [0.1, 0.15) is 11.8 Å². The molecule has 0 aliphatic heterocycles. The highest BCUT2D eigenvalue weighted by molar-refractivity contribution is 5.84. The summed E-state index contributed by atoms with van der Waals surface area (Å²) in [5.41, 5.74) is 3.20. The van der Waals surface area contributed by atoms with Crippen LogP contribution in [0.5, 0.6) is 5.75 Å². The van der Waals surface area contributed by atoms with Gasteiger partial charge in [0.25, 0.3) is 0 Å². The van der Waals surface area contributed by atoms with Gasteiger partial charge in [-0.25, -0.2) is 0 Å². The summed E-state index contributed by atoms with van der Waals surface area (Å²) in [6.45, 7) is 7.26. The molecule has 0 saturated carbocycles. The van der Waals surface area contributed by atoms with Crippen molar-refractivity contribution in [3.8, 4) is 16.9 Å². The lowest BCUT2D eigenvalue weighted by molar-refractivity contribution is -0.121. The van der Waals surface area contributed by atoms with Crippen LogP contribution in [-0.2, 0) is 4.79 Å².